The van der Waals surface area contributed by atoms with E-state index in [0.29, 0.717) is 58.0 Å². The molecule has 1 aromatic heterocycles. The van der Waals surface area contributed by atoms with Crippen LogP contribution in [0.4, 0.5) is 0 Å². The summed E-state index contributed by atoms with van der Waals surface area (Å²) < 4.78 is 12.2. The number of likely N-dealkylation sites (N-methyl/N-ethyl adjacent to an activating group) is 2. The predicted octanol–water partition coefficient (Wildman–Crippen LogP) is 7.55. The Labute approximate surface area is 409 Å². The third-order valence-electron chi connectivity index (χ3n) is 14.4. The van der Waals surface area contributed by atoms with Gasteiger partial charge in [0.05, 0.1) is 41.8 Å². The van der Waals surface area contributed by atoms with E-state index in [-0.39, 0.29) is 90.1 Å². The van der Waals surface area contributed by atoms with Crippen LogP contribution in [-0.2, 0) is 49.5 Å². The van der Waals surface area contributed by atoms with Gasteiger partial charge in [-0.05, 0) is 55.4 Å². The summed E-state index contributed by atoms with van der Waals surface area (Å²) >= 11 is 1.55. The Morgan fingerprint density at radius 2 is 1.51 bits per heavy atom. The van der Waals surface area contributed by atoms with E-state index in [1.165, 1.54) is 22.0 Å². The fraction of sp³-hybridized carbons (Fsp3) is 0.660. The highest BCUT2D eigenvalue weighted by Crippen LogP contribution is 2.34. The molecular weight excluding hydrogens is 883 g/mol. The number of carbonyl (C=O) groups excluding carboxylic acids is 7. The lowest BCUT2D eigenvalue weighted by molar-refractivity contribution is -0.149. The SMILES string of the molecule is CC[C@H](C)[C@@H]([C@@H](CC(=O)N1CCC[C@H]1[C@H](OC)[C@@H](C)C(=O)C[C@@H](Cc1ccccc1)c1nccs1)OC)N(C)C(=O)[C@@H](CC(=O)[C@H](C(C)C)N(C)C(=O)CCCCCN1C(=O)C=CC1=O)C(C)C. The van der Waals surface area contributed by atoms with Crippen LogP contribution >= 0.6 is 11.3 Å². The van der Waals surface area contributed by atoms with E-state index in [2.05, 4.69) is 17.1 Å². The largest absolute Gasteiger partial charge is 0.379 e. The van der Waals surface area contributed by atoms with Gasteiger partial charge in [-0.1, -0.05) is 91.6 Å². The highest BCUT2D eigenvalue weighted by atomic mass is 32.1. The van der Waals surface area contributed by atoms with Crippen molar-refractivity contribution in [1.82, 2.24) is 24.6 Å². The lowest BCUT2D eigenvalue weighted by Crippen LogP contribution is -2.54. The maximum absolute atomic E-state index is 14.7. The van der Waals surface area contributed by atoms with Crippen molar-refractivity contribution in [3.05, 3.63) is 64.6 Å². The van der Waals surface area contributed by atoms with Crippen LogP contribution in [0.2, 0.25) is 0 Å². The molecule has 2 aliphatic rings. The fourth-order valence-electron chi connectivity index (χ4n) is 10.3. The van der Waals surface area contributed by atoms with Crippen molar-refractivity contribution in [3.8, 4) is 0 Å². The molecule has 15 heteroatoms. The first-order valence-corrected chi connectivity index (χ1v) is 25.6. The van der Waals surface area contributed by atoms with Crippen LogP contribution in [0.1, 0.15) is 129 Å². The van der Waals surface area contributed by atoms with Gasteiger partial charge in [-0.25, -0.2) is 4.98 Å². The maximum atomic E-state index is 14.7. The molecule has 0 radical (unpaired) electrons. The number of thiazole rings is 1. The van der Waals surface area contributed by atoms with Crippen LogP contribution in [0.15, 0.2) is 54.1 Å². The number of ether oxygens (including phenoxy) is 2. The Kier molecular flexibility index (Phi) is 22.2. The van der Waals surface area contributed by atoms with E-state index in [4.69, 9.17) is 9.47 Å². The fourth-order valence-corrected chi connectivity index (χ4v) is 11.0. The smallest absolute Gasteiger partial charge is 0.253 e. The van der Waals surface area contributed by atoms with Crippen molar-refractivity contribution in [2.24, 2.45) is 29.6 Å². The molecule has 14 nitrogen and oxygen atoms in total. The van der Waals surface area contributed by atoms with Crippen molar-refractivity contribution in [1.29, 1.82) is 0 Å². The van der Waals surface area contributed by atoms with E-state index >= 15 is 0 Å². The normalized spacial score (nSPS) is 18.6. The average molecular weight is 962 g/mol. The van der Waals surface area contributed by atoms with E-state index in [0.717, 1.165) is 17.0 Å². The molecule has 0 bridgehead atoms. The zero-order valence-corrected chi connectivity index (χ0v) is 43.4. The summed E-state index contributed by atoms with van der Waals surface area (Å²) in [6, 6.07) is 8.57. The second-order valence-corrected chi connectivity index (χ2v) is 20.6. The van der Waals surface area contributed by atoms with Crippen molar-refractivity contribution < 1.29 is 43.0 Å². The molecule has 0 aliphatic carbocycles. The van der Waals surface area contributed by atoms with Gasteiger partial charge in [0.25, 0.3) is 11.8 Å². The quantitative estimate of drug-likeness (QED) is 0.0588. The number of benzene rings is 1. The molecule has 2 aliphatic heterocycles. The Hall–Kier alpha value is -4.60. The molecule has 68 heavy (non-hydrogen) atoms. The Morgan fingerprint density at radius 1 is 0.838 bits per heavy atom. The zero-order chi connectivity index (χ0) is 50.2. The minimum Gasteiger partial charge on any atom is -0.379 e. The average Bonchev–Trinajstić information content (AvgIpc) is 4.10. The van der Waals surface area contributed by atoms with Gasteiger partial charge in [0.2, 0.25) is 17.7 Å². The number of carbonyl (C=O) groups is 7. The Morgan fingerprint density at radius 3 is 2.09 bits per heavy atom. The van der Waals surface area contributed by atoms with Crippen molar-refractivity contribution in [3.63, 3.8) is 0 Å². The number of hydrogen-bond acceptors (Lipinski definition) is 11. The Bertz CT molecular complexity index is 1990. The molecule has 0 saturated carbocycles. The van der Waals surface area contributed by atoms with Crippen LogP contribution in [-0.4, -0.2) is 137 Å². The number of aromatic nitrogens is 1. The van der Waals surface area contributed by atoms with Crippen LogP contribution in [0.3, 0.4) is 0 Å². The van der Waals surface area contributed by atoms with Gasteiger partial charge in [-0.2, -0.15) is 0 Å². The van der Waals surface area contributed by atoms with Crippen LogP contribution in [0, 0.1) is 29.6 Å². The number of unbranched alkanes of at least 4 members (excludes halogenated alkanes) is 2. The molecule has 0 unspecified atom stereocenters. The third-order valence-corrected chi connectivity index (χ3v) is 15.4. The molecule has 376 valence electrons. The molecule has 0 spiro atoms. The topological polar surface area (TPSA) is 164 Å². The van der Waals surface area contributed by atoms with Gasteiger partial charge in [-0.15, -0.1) is 11.3 Å². The van der Waals surface area contributed by atoms with Gasteiger partial charge in [0, 0.05) is 102 Å². The second kappa shape index (κ2) is 27.0. The molecule has 1 fully saturated rings. The van der Waals surface area contributed by atoms with Crippen LogP contribution in [0.5, 0.6) is 0 Å². The first-order chi connectivity index (χ1) is 32.4. The Balaban J connectivity index is 1.42. The van der Waals surface area contributed by atoms with Crippen LogP contribution in [0.25, 0.3) is 0 Å². The van der Waals surface area contributed by atoms with E-state index < -0.39 is 36.1 Å². The molecular formula is C53H79N5O9S. The third kappa shape index (κ3) is 14.7. The number of rotatable bonds is 29. The molecule has 9 atom stereocenters. The number of imide groups is 1. The first-order valence-electron chi connectivity index (χ1n) is 24.8. The van der Waals surface area contributed by atoms with Crippen molar-refractivity contribution >= 4 is 52.4 Å². The van der Waals surface area contributed by atoms with Crippen molar-refractivity contribution in [2.45, 2.75) is 155 Å². The summed E-state index contributed by atoms with van der Waals surface area (Å²) in [6.07, 6.45) is 8.19. The zero-order valence-electron chi connectivity index (χ0n) is 42.6. The number of amides is 5. The van der Waals surface area contributed by atoms with Gasteiger partial charge >= 0.3 is 0 Å². The molecule has 0 N–H and O–H groups in total. The summed E-state index contributed by atoms with van der Waals surface area (Å²) in [4.78, 5) is 106. The lowest BCUT2D eigenvalue weighted by Gasteiger charge is -2.41. The summed E-state index contributed by atoms with van der Waals surface area (Å²) in [7, 11) is 6.55. The monoisotopic (exact) mass is 962 g/mol. The number of methoxy groups -OCH3 is 2. The first kappa shape index (κ1) is 56.0. The minimum absolute atomic E-state index is 0.0148. The second-order valence-electron chi connectivity index (χ2n) is 19.7. The van der Waals surface area contributed by atoms with Gasteiger partial charge in [0.15, 0.2) is 5.78 Å². The highest BCUT2D eigenvalue weighted by Gasteiger charge is 2.44. The molecule has 1 saturated heterocycles. The number of nitrogens with zero attached hydrogens (tertiary/aromatic N) is 5. The predicted molar refractivity (Wildman–Crippen MR) is 264 cm³/mol. The molecule has 3 heterocycles. The van der Waals surface area contributed by atoms with E-state index in [1.54, 1.807) is 50.7 Å². The van der Waals surface area contributed by atoms with E-state index in [1.807, 2.05) is 76.9 Å². The molecule has 4 rings (SSSR count). The number of ketones is 2. The summed E-state index contributed by atoms with van der Waals surface area (Å²) in [5.41, 5.74) is 1.14. The number of Topliss-reactive ketones (excluding diaryl/α,β-unsaturated/α-hetero) is 2. The van der Waals surface area contributed by atoms with Crippen LogP contribution < -0.4 is 0 Å². The maximum Gasteiger partial charge on any atom is 0.253 e. The van der Waals surface area contributed by atoms with Gasteiger partial charge in [-0.3, -0.25) is 38.5 Å². The molecule has 2 aromatic rings. The summed E-state index contributed by atoms with van der Waals surface area (Å²) in [5.74, 6) is -3.03. The van der Waals surface area contributed by atoms with Gasteiger partial charge in [0.1, 0.15) is 5.78 Å². The minimum atomic E-state index is -0.737. The summed E-state index contributed by atoms with van der Waals surface area (Å²) in [6.45, 7) is 14.4. The molecule has 1 aromatic carbocycles. The number of likely N-dealkylation sites (tertiary alicyclic amines) is 1. The molecule has 5 amide bonds. The van der Waals surface area contributed by atoms with Gasteiger partial charge < -0.3 is 24.2 Å². The lowest BCUT2D eigenvalue weighted by atomic mass is 9.83. The van der Waals surface area contributed by atoms with E-state index in [9.17, 15) is 33.6 Å². The van der Waals surface area contributed by atoms with Crippen molar-refractivity contribution in [2.75, 3.05) is 41.4 Å². The highest BCUT2D eigenvalue weighted by molar-refractivity contribution is 7.09. The summed E-state index contributed by atoms with van der Waals surface area (Å²) in [5, 5.41) is 2.86. The standard InChI is InChI=1S/C53H79N5O9S/c1-12-36(6)50(56(9)53(65)40(34(2)3)32-43(60)49(35(4)5)55(8)45(61)23-17-14-18-27-58-46(62)24-25-47(58)63)44(66-10)33-48(64)57-28-19-22-41(57)51(67-11)37(7)42(59)31-39(52-54-26-29-68-52)30-38-20-15-13-16-21-38/h13,15-16,20-21,24-26,29,34-37,39-41,44,49-51H,12,14,17-19,22-23,27-28,30-33H2,1-11H3/t36-,37-,39+,40-,41-,44+,49-,50-,51+/m0/s1. The number of hydrogen-bond donors (Lipinski definition) is 0.